The van der Waals surface area contributed by atoms with Gasteiger partial charge in [-0.3, -0.25) is 4.79 Å². The summed E-state index contributed by atoms with van der Waals surface area (Å²) in [6.07, 6.45) is 0.845. The molecule has 0 saturated carbocycles. The molecule has 0 fully saturated rings. The zero-order valence-electron chi connectivity index (χ0n) is 8.42. The number of carboxylic acids is 1. The van der Waals surface area contributed by atoms with Gasteiger partial charge in [-0.05, 0) is 25.0 Å². The quantitative estimate of drug-likeness (QED) is 0.825. The van der Waals surface area contributed by atoms with Crippen LogP contribution in [-0.2, 0) is 4.79 Å². The number of hydrogen-bond donors (Lipinski definition) is 1. The predicted molar refractivity (Wildman–Crippen MR) is 61.7 cm³/mol. The van der Waals surface area contributed by atoms with Crippen LogP contribution in [0.1, 0.15) is 24.3 Å². The van der Waals surface area contributed by atoms with Gasteiger partial charge in [0.25, 0.3) is 0 Å². The molecule has 1 aromatic rings. The van der Waals surface area contributed by atoms with Crippen LogP contribution in [-0.4, -0.2) is 17.0 Å². The zero-order chi connectivity index (χ0) is 12.1. The molecule has 1 N–H and O–H groups in total. The number of alkyl halides is 1. The van der Waals surface area contributed by atoms with Gasteiger partial charge in [0.15, 0.2) is 0 Å². The van der Waals surface area contributed by atoms with E-state index in [4.69, 9.17) is 28.3 Å². The molecule has 0 spiro atoms. The highest BCUT2D eigenvalue weighted by atomic mass is 35.5. The Morgan fingerprint density at radius 3 is 2.69 bits per heavy atom. The van der Waals surface area contributed by atoms with E-state index in [1.807, 2.05) is 0 Å². The number of rotatable bonds is 5. The van der Waals surface area contributed by atoms with Crippen molar-refractivity contribution in [1.82, 2.24) is 0 Å². The minimum atomic E-state index is -1.05. The third-order valence-corrected chi connectivity index (χ3v) is 2.76. The molecule has 2 nitrogen and oxygen atoms in total. The number of hydrogen-bond acceptors (Lipinski definition) is 1. The number of carbonyl (C=O) groups is 1. The van der Waals surface area contributed by atoms with Gasteiger partial charge in [-0.1, -0.05) is 17.7 Å². The molecule has 0 heterocycles. The van der Waals surface area contributed by atoms with Crippen molar-refractivity contribution in [2.75, 3.05) is 5.88 Å². The first-order valence-corrected chi connectivity index (χ1v) is 5.71. The van der Waals surface area contributed by atoms with Crippen molar-refractivity contribution >= 4 is 29.2 Å². The molecule has 1 rings (SSSR count). The summed E-state index contributed by atoms with van der Waals surface area (Å²) in [7, 11) is 0. The van der Waals surface area contributed by atoms with Crippen LogP contribution < -0.4 is 0 Å². The summed E-state index contributed by atoms with van der Waals surface area (Å²) >= 11 is 11.1. The lowest BCUT2D eigenvalue weighted by Gasteiger charge is -2.12. The van der Waals surface area contributed by atoms with Crippen molar-refractivity contribution in [2.45, 2.75) is 18.8 Å². The molecular weight excluding hydrogens is 254 g/mol. The molecule has 0 aliphatic rings. The molecule has 0 aliphatic heterocycles. The maximum absolute atomic E-state index is 13.5. The van der Waals surface area contributed by atoms with E-state index in [1.165, 1.54) is 12.1 Å². The molecule has 0 bridgehead atoms. The van der Waals surface area contributed by atoms with Crippen LogP contribution in [0.15, 0.2) is 18.2 Å². The molecular formula is C11H11Cl2FO2. The molecule has 5 heteroatoms. The van der Waals surface area contributed by atoms with E-state index in [9.17, 15) is 9.18 Å². The molecule has 0 aromatic heterocycles. The Hall–Kier alpha value is -0.800. The van der Waals surface area contributed by atoms with Crippen molar-refractivity contribution in [3.05, 3.63) is 34.6 Å². The monoisotopic (exact) mass is 264 g/mol. The molecule has 0 saturated heterocycles. The average molecular weight is 265 g/mol. The lowest BCUT2D eigenvalue weighted by molar-refractivity contribution is -0.139. The van der Waals surface area contributed by atoms with E-state index in [1.54, 1.807) is 0 Å². The minimum absolute atomic E-state index is 0.155. The second kappa shape index (κ2) is 6.06. The Labute approximate surface area is 103 Å². The maximum atomic E-state index is 13.5. The highest BCUT2D eigenvalue weighted by Gasteiger charge is 2.22. The molecule has 0 amide bonds. The van der Waals surface area contributed by atoms with E-state index in [2.05, 4.69) is 0 Å². The zero-order valence-corrected chi connectivity index (χ0v) is 9.93. The standard InChI is InChI=1S/C11H11Cl2FO2/c12-5-1-2-9(11(15)16)8-4-3-7(13)6-10(8)14/h3-4,6,9H,1-2,5H2,(H,15,16). The molecule has 88 valence electrons. The number of aliphatic carboxylic acids is 1. The summed E-state index contributed by atoms with van der Waals surface area (Å²) in [5.74, 6) is -2.14. The summed E-state index contributed by atoms with van der Waals surface area (Å²) in [6.45, 7) is 0. The molecule has 1 atom stereocenters. The SMILES string of the molecule is O=C(O)C(CCCCl)c1ccc(Cl)cc1F. The fraction of sp³-hybridized carbons (Fsp3) is 0.364. The van der Waals surface area contributed by atoms with Gasteiger partial charge >= 0.3 is 5.97 Å². The lowest BCUT2D eigenvalue weighted by atomic mass is 9.94. The van der Waals surface area contributed by atoms with E-state index in [0.29, 0.717) is 18.7 Å². The number of halogens is 3. The van der Waals surface area contributed by atoms with Crippen molar-refractivity contribution < 1.29 is 14.3 Å². The van der Waals surface area contributed by atoms with E-state index in [-0.39, 0.29) is 10.6 Å². The van der Waals surface area contributed by atoms with Gasteiger partial charge in [-0.2, -0.15) is 0 Å². The lowest BCUT2D eigenvalue weighted by Crippen LogP contribution is -2.13. The molecule has 0 radical (unpaired) electrons. The molecule has 0 aliphatic carbocycles. The topological polar surface area (TPSA) is 37.3 Å². The van der Waals surface area contributed by atoms with Crippen LogP contribution in [0.4, 0.5) is 4.39 Å². The first-order valence-electron chi connectivity index (χ1n) is 4.80. The second-order valence-corrected chi connectivity index (χ2v) is 4.20. The van der Waals surface area contributed by atoms with Crippen LogP contribution in [0.3, 0.4) is 0 Å². The average Bonchev–Trinajstić information content (AvgIpc) is 2.20. The van der Waals surface area contributed by atoms with Gasteiger partial charge in [0.1, 0.15) is 5.82 Å². The van der Waals surface area contributed by atoms with Crippen molar-refractivity contribution in [3.63, 3.8) is 0 Å². The normalized spacial score (nSPS) is 12.4. The smallest absolute Gasteiger partial charge is 0.311 e. The largest absolute Gasteiger partial charge is 0.481 e. The van der Waals surface area contributed by atoms with E-state index in [0.717, 1.165) is 6.07 Å². The fourth-order valence-corrected chi connectivity index (χ4v) is 1.79. The Balaban J connectivity index is 2.96. The first-order chi connectivity index (χ1) is 7.56. The van der Waals surface area contributed by atoms with Gasteiger partial charge < -0.3 is 5.11 Å². The van der Waals surface area contributed by atoms with Crippen LogP contribution in [0.25, 0.3) is 0 Å². The second-order valence-electron chi connectivity index (χ2n) is 3.39. The summed E-state index contributed by atoms with van der Waals surface area (Å²) in [5, 5.41) is 9.26. The highest BCUT2D eigenvalue weighted by Crippen LogP contribution is 2.26. The third kappa shape index (κ3) is 3.35. The Morgan fingerprint density at radius 2 is 2.19 bits per heavy atom. The highest BCUT2D eigenvalue weighted by molar-refractivity contribution is 6.30. The van der Waals surface area contributed by atoms with Crippen LogP contribution >= 0.6 is 23.2 Å². The summed E-state index contributed by atoms with van der Waals surface area (Å²) in [4.78, 5) is 11.0. The van der Waals surface area contributed by atoms with Crippen LogP contribution in [0, 0.1) is 5.82 Å². The predicted octanol–water partition coefficient (Wildman–Crippen LogP) is 3.67. The van der Waals surface area contributed by atoms with Crippen LogP contribution in [0.2, 0.25) is 5.02 Å². The molecule has 1 unspecified atom stereocenters. The van der Waals surface area contributed by atoms with Gasteiger partial charge in [0.2, 0.25) is 0 Å². The van der Waals surface area contributed by atoms with Gasteiger partial charge in [-0.25, -0.2) is 4.39 Å². The number of carboxylic acid groups (broad SMARTS) is 1. The van der Waals surface area contributed by atoms with E-state index >= 15 is 0 Å². The van der Waals surface area contributed by atoms with Crippen molar-refractivity contribution in [3.8, 4) is 0 Å². The van der Waals surface area contributed by atoms with Gasteiger partial charge in [0.05, 0.1) is 5.92 Å². The van der Waals surface area contributed by atoms with Crippen molar-refractivity contribution in [1.29, 1.82) is 0 Å². The van der Waals surface area contributed by atoms with Crippen LogP contribution in [0.5, 0.6) is 0 Å². The summed E-state index contributed by atoms with van der Waals surface area (Å²) in [6, 6.07) is 4.01. The number of benzene rings is 1. The minimum Gasteiger partial charge on any atom is -0.481 e. The molecule has 1 aromatic carbocycles. The Kier molecular flexibility index (Phi) is 5.03. The third-order valence-electron chi connectivity index (χ3n) is 2.26. The maximum Gasteiger partial charge on any atom is 0.311 e. The van der Waals surface area contributed by atoms with Gasteiger partial charge in [0, 0.05) is 16.5 Å². The Morgan fingerprint density at radius 1 is 1.50 bits per heavy atom. The molecule has 16 heavy (non-hydrogen) atoms. The first kappa shape index (κ1) is 13.3. The summed E-state index contributed by atoms with van der Waals surface area (Å²) < 4.78 is 13.5. The summed E-state index contributed by atoms with van der Waals surface area (Å²) in [5.41, 5.74) is 0.155. The fourth-order valence-electron chi connectivity index (χ4n) is 1.48. The van der Waals surface area contributed by atoms with Gasteiger partial charge in [-0.15, -0.1) is 11.6 Å². The van der Waals surface area contributed by atoms with Crippen molar-refractivity contribution in [2.24, 2.45) is 0 Å². The van der Waals surface area contributed by atoms with E-state index < -0.39 is 17.7 Å². The Bertz CT molecular complexity index is 382.